The van der Waals surface area contributed by atoms with Crippen molar-refractivity contribution in [2.45, 2.75) is 19.3 Å². The molecule has 0 N–H and O–H groups in total. The van der Waals surface area contributed by atoms with E-state index in [0.717, 1.165) is 13.1 Å². The fourth-order valence-corrected chi connectivity index (χ4v) is 1.64. The van der Waals surface area contributed by atoms with E-state index in [0.29, 0.717) is 24.8 Å². The summed E-state index contributed by atoms with van der Waals surface area (Å²) in [5.41, 5.74) is 0.505. The molecule has 2 rings (SSSR count). The first-order valence-corrected chi connectivity index (χ1v) is 5.73. The summed E-state index contributed by atoms with van der Waals surface area (Å²) in [6.45, 7) is 1.70. The average molecular weight is 235 g/mol. The zero-order valence-electron chi connectivity index (χ0n) is 9.49. The topological polar surface area (TPSA) is 37.1 Å². The number of ketones is 1. The van der Waals surface area contributed by atoms with Crippen LogP contribution in [0.1, 0.15) is 29.6 Å². The minimum atomic E-state index is -0.349. The predicted octanol–water partition coefficient (Wildman–Crippen LogP) is 2.02. The molecule has 1 heterocycles. The Kier molecular flexibility index (Phi) is 3.52. The number of halogens is 1. The van der Waals surface area contributed by atoms with Crippen molar-refractivity contribution in [3.63, 3.8) is 0 Å². The van der Waals surface area contributed by atoms with Gasteiger partial charge in [-0.05, 0) is 30.7 Å². The molecule has 0 atom stereocenters. The van der Waals surface area contributed by atoms with Gasteiger partial charge >= 0.3 is 0 Å². The van der Waals surface area contributed by atoms with Crippen molar-refractivity contribution >= 4 is 11.7 Å². The lowest BCUT2D eigenvalue weighted by Gasteiger charge is -2.02. The van der Waals surface area contributed by atoms with Gasteiger partial charge in [0.15, 0.2) is 5.78 Å². The molecule has 0 radical (unpaired) electrons. The molecule has 17 heavy (non-hydrogen) atoms. The van der Waals surface area contributed by atoms with Crippen molar-refractivity contribution in [2.24, 2.45) is 0 Å². The molecule has 1 aromatic carbocycles. The van der Waals surface area contributed by atoms with E-state index < -0.39 is 0 Å². The molecule has 1 aliphatic heterocycles. The number of hydrogen-bond donors (Lipinski definition) is 0. The number of hydrogen-bond acceptors (Lipinski definition) is 2. The van der Waals surface area contributed by atoms with Gasteiger partial charge in [0.2, 0.25) is 5.91 Å². The summed E-state index contributed by atoms with van der Waals surface area (Å²) >= 11 is 0. The standard InChI is InChI=1S/C13H14FNO2/c14-11-6-4-10(5-7-11)12(16)2-1-3-13(17)15-8-9-15/h4-7H,1-3,8-9H2. The molecule has 4 heteroatoms. The van der Waals surface area contributed by atoms with E-state index in [1.54, 1.807) is 4.90 Å². The number of Topliss-reactive ketones (excluding diaryl/α,β-unsaturated/α-hetero) is 1. The van der Waals surface area contributed by atoms with Crippen LogP contribution in [0.3, 0.4) is 0 Å². The first kappa shape index (κ1) is 11.8. The van der Waals surface area contributed by atoms with E-state index in [9.17, 15) is 14.0 Å². The highest BCUT2D eigenvalue weighted by Crippen LogP contribution is 2.12. The van der Waals surface area contributed by atoms with Gasteiger partial charge in [0.05, 0.1) is 0 Å². The third-order valence-corrected chi connectivity index (χ3v) is 2.76. The number of carbonyl (C=O) groups excluding carboxylic acids is 2. The monoisotopic (exact) mass is 235 g/mol. The number of nitrogens with zero attached hydrogens (tertiary/aromatic N) is 1. The van der Waals surface area contributed by atoms with Gasteiger partial charge in [-0.15, -0.1) is 0 Å². The molecule has 3 nitrogen and oxygen atoms in total. The summed E-state index contributed by atoms with van der Waals surface area (Å²) in [6.07, 6.45) is 1.32. The molecule has 1 aromatic rings. The van der Waals surface area contributed by atoms with Crippen LogP contribution in [0.15, 0.2) is 24.3 Å². The minimum absolute atomic E-state index is 0.0383. The van der Waals surface area contributed by atoms with Crippen LogP contribution in [0.25, 0.3) is 0 Å². The van der Waals surface area contributed by atoms with Crippen molar-refractivity contribution < 1.29 is 14.0 Å². The molecular formula is C13H14FNO2. The van der Waals surface area contributed by atoms with Crippen molar-refractivity contribution in [3.8, 4) is 0 Å². The summed E-state index contributed by atoms with van der Waals surface area (Å²) < 4.78 is 12.6. The van der Waals surface area contributed by atoms with Gasteiger partial charge in [-0.3, -0.25) is 9.59 Å². The van der Waals surface area contributed by atoms with Gasteiger partial charge in [0.1, 0.15) is 5.82 Å². The fraction of sp³-hybridized carbons (Fsp3) is 0.385. The summed E-state index contributed by atoms with van der Waals surface area (Å²) in [7, 11) is 0. The second kappa shape index (κ2) is 5.08. The Morgan fingerprint density at radius 3 is 2.35 bits per heavy atom. The van der Waals surface area contributed by atoms with Crippen LogP contribution < -0.4 is 0 Å². The molecule has 0 bridgehead atoms. The van der Waals surface area contributed by atoms with E-state index in [1.165, 1.54) is 24.3 Å². The second-order valence-corrected chi connectivity index (χ2v) is 4.16. The quantitative estimate of drug-likeness (QED) is 0.578. The number of amides is 1. The lowest BCUT2D eigenvalue weighted by Crippen LogP contribution is -2.10. The van der Waals surface area contributed by atoms with E-state index in [-0.39, 0.29) is 17.5 Å². The number of rotatable bonds is 5. The van der Waals surface area contributed by atoms with Gasteiger partial charge in [0, 0.05) is 31.5 Å². The van der Waals surface area contributed by atoms with Crippen LogP contribution in [-0.4, -0.2) is 29.7 Å². The Morgan fingerprint density at radius 2 is 1.76 bits per heavy atom. The van der Waals surface area contributed by atoms with Crippen LogP contribution >= 0.6 is 0 Å². The van der Waals surface area contributed by atoms with Crippen LogP contribution in [0.2, 0.25) is 0 Å². The first-order valence-electron chi connectivity index (χ1n) is 5.73. The van der Waals surface area contributed by atoms with Crippen LogP contribution in [0.5, 0.6) is 0 Å². The Hall–Kier alpha value is -1.71. The maximum Gasteiger partial charge on any atom is 0.222 e. The average Bonchev–Trinajstić information content (AvgIpc) is 3.13. The third-order valence-electron chi connectivity index (χ3n) is 2.76. The highest BCUT2D eigenvalue weighted by molar-refractivity contribution is 5.96. The smallest absolute Gasteiger partial charge is 0.222 e. The molecule has 1 fully saturated rings. The summed E-state index contributed by atoms with van der Waals surface area (Å²) in [5.74, 6) is -0.265. The molecule has 1 aliphatic rings. The van der Waals surface area contributed by atoms with Crippen molar-refractivity contribution in [3.05, 3.63) is 35.6 Å². The van der Waals surface area contributed by atoms with E-state index in [1.807, 2.05) is 0 Å². The van der Waals surface area contributed by atoms with Gasteiger partial charge in [-0.1, -0.05) is 0 Å². The van der Waals surface area contributed by atoms with Gasteiger partial charge < -0.3 is 4.90 Å². The Balaban J connectivity index is 1.76. The van der Waals surface area contributed by atoms with Crippen molar-refractivity contribution in [1.82, 2.24) is 4.90 Å². The lowest BCUT2D eigenvalue weighted by molar-refractivity contribution is -0.125. The van der Waals surface area contributed by atoms with E-state index in [4.69, 9.17) is 0 Å². The maximum absolute atomic E-state index is 12.6. The molecule has 90 valence electrons. The molecule has 0 spiro atoms. The molecule has 0 saturated carbocycles. The SMILES string of the molecule is O=C(CCCC(=O)N1CC1)c1ccc(F)cc1. The van der Waals surface area contributed by atoms with Crippen LogP contribution in [0, 0.1) is 5.82 Å². The zero-order valence-corrected chi connectivity index (χ0v) is 9.49. The molecule has 0 aliphatic carbocycles. The summed E-state index contributed by atoms with van der Waals surface area (Å²) in [5, 5.41) is 0. The highest BCUT2D eigenvalue weighted by Gasteiger charge is 2.23. The maximum atomic E-state index is 12.6. The largest absolute Gasteiger partial charge is 0.339 e. The molecule has 0 unspecified atom stereocenters. The summed E-state index contributed by atoms with van der Waals surface area (Å²) in [6, 6.07) is 5.50. The van der Waals surface area contributed by atoms with E-state index in [2.05, 4.69) is 0 Å². The zero-order chi connectivity index (χ0) is 12.3. The highest BCUT2D eigenvalue weighted by atomic mass is 19.1. The lowest BCUT2D eigenvalue weighted by atomic mass is 10.1. The second-order valence-electron chi connectivity index (χ2n) is 4.16. The molecular weight excluding hydrogens is 221 g/mol. The molecule has 1 saturated heterocycles. The number of benzene rings is 1. The van der Waals surface area contributed by atoms with Crippen molar-refractivity contribution in [1.29, 1.82) is 0 Å². The van der Waals surface area contributed by atoms with Gasteiger partial charge in [-0.2, -0.15) is 0 Å². The predicted molar refractivity (Wildman–Crippen MR) is 61.2 cm³/mol. The van der Waals surface area contributed by atoms with Crippen LogP contribution in [0.4, 0.5) is 4.39 Å². The van der Waals surface area contributed by atoms with Gasteiger partial charge in [-0.25, -0.2) is 4.39 Å². The normalized spacial score (nSPS) is 13.6. The molecule has 1 amide bonds. The van der Waals surface area contributed by atoms with Gasteiger partial charge in [0.25, 0.3) is 0 Å². The minimum Gasteiger partial charge on any atom is -0.339 e. The first-order chi connectivity index (χ1) is 8.16. The van der Waals surface area contributed by atoms with Crippen molar-refractivity contribution in [2.75, 3.05) is 13.1 Å². The fourth-order valence-electron chi connectivity index (χ4n) is 1.64. The summed E-state index contributed by atoms with van der Waals surface area (Å²) in [4.78, 5) is 24.8. The third kappa shape index (κ3) is 3.37. The molecule has 0 aromatic heterocycles. The van der Waals surface area contributed by atoms with E-state index >= 15 is 0 Å². The Bertz CT molecular complexity index is 424. The Labute approximate surface area is 99.2 Å². The number of carbonyl (C=O) groups is 2. The Morgan fingerprint density at radius 1 is 1.12 bits per heavy atom. The van der Waals surface area contributed by atoms with Crippen LogP contribution in [-0.2, 0) is 4.79 Å².